The molecule has 0 fully saturated rings. The number of carboxylic acids is 1. The van der Waals surface area contributed by atoms with Gasteiger partial charge >= 0.3 is 18.2 Å². The summed E-state index contributed by atoms with van der Waals surface area (Å²) in [5.41, 5.74) is 1.32. The van der Waals surface area contributed by atoms with E-state index >= 15 is 0 Å². The molecular weight excluding hydrogens is 565 g/mol. The van der Waals surface area contributed by atoms with Gasteiger partial charge in [0.15, 0.2) is 0 Å². The third kappa shape index (κ3) is 12.2. The van der Waals surface area contributed by atoms with E-state index in [-0.39, 0.29) is 37.2 Å². The van der Waals surface area contributed by atoms with E-state index in [1.807, 2.05) is 30.3 Å². The highest BCUT2D eigenvalue weighted by molar-refractivity contribution is 6.01. The van der Waals surface area contributed by atoms with Gasteiger partial charge < -0.3 is 36.0 Å². The van der Waals surface area contributed by atoms with Gasteiger partial charge in [-0.1, -0.05) is 42.5 Å². The molecule has 15 heteroatoms. The third-order valence-corrected chi connectivity index (χ3v) is 5.33. The number of nitrogens with one attached hydrogen (secondary N) is 3. The van der Waals surface area contributed by atoms with Crippen molar-refractivity contribution >= 4 is 29.1 Å². The van der Waals surface area contributed by atoms with Gasteiger partial charge in [-0.3, -0.25) is 10.1 Å². The van der Waals surface area contributed by atoms with Gasteiger partial charge in [0.05, 0.1) is 11.5 Å². The van der Waals surface area contributed by atoms with Gasteiger partial charge in [0.1, 0.15) is 24.1 Å². The Bertz CT molecular complexity index is 1290. The zero-order valence-electron chi connectivity index (χ0n) is 22.0. The minimum atomic E-state index is -5.08. The minimum absolute atomic E-state index is 0.0971. The van der Waals surface area contributed by atoms with E-state index in [0.717, 1.165) is 5.56 Å². The number of aliphatic hydroxyl groups is 2. The zero-order valence-corrected chi connectivity index (χ0v) is 22.0. The molecule has 42 heavy (non-hydrogen) atoms. The Kier molecular flexibility index (Phi) is 13.2. The second-order valence-electron chi connectivity index (χ2n) is 8.62. The van der Waals surface area contributed by atoms with Crippen molar-refractivity contribution in [1.82, 2.24) is 5.32 Å². The maximum Gasteiger partial charge on any atom is 0.490 e. The van der Waals surface area contributed by atoms with Crippen molar-refractivity contribution < 1.29 is 47.7 Å². The summed E-state index contributed by atoms with van der Waals surface area (Å²) >= 11 is 0. The van der Waals surface area contributed by atoms with Crippen LogP contribution in [0.5, 0.6) is 5.75 Å². The topological polar surface area (TPSA) is 183 Å². The molecule has 0 spiro atoms. The Morgan fingerprint density at radius 2 is 1.55 bits per heavy atom. The fourth-order valence-electron chi connectivity index (χ4n) is 3.30. The second-order valence-corrected chi connectivity index (χ2v) is 8.62. The number of nitrogens with zero attached hydrogens (tertiary/aromatic N) is 1. The largest absolute Gasteiger partial charge is 0.491 e. The first-order chi connectivity index (χ1) is 19.9. The maximum absolute atomic E-state index is 12.2. The normalized spacial score (nSPS) is 12.2. The molecule has 0 aliphatic rings. The predicted molar refractivity (Wildman–Crippen MR) is 146 cm³/mol. The Labute approximate surface area is 237 Å². The number of para-hydroxylation sites is 3. The fourth-order valence-corrected chi connectivity index (χ4v) is 3.30. The van der Waals surface area contributed by atoms with Crippen molar-refractivity contribution in [1.29, 1.82) is 0 Å². The number of hydrogen-bond acceptors (Lipinski definition) is 8. The number of carboxylic acid groups (broad SMARTS) is 1. The number of amides is 2. The van der Waals surface area contributed by atoms with Crippen LogP contribution < -0.4 is 20.7 Å². The molecule has 3 rings (SSSR count). The average Bonchev–Trinajstić information content (AvgIpc) is 2.95. The first-order valence-corrected chi connectivity index (χ1v) is 12.3. The van der Waals surface area contributed by atoms with Crippen LogP contribution in [0.3, 0.4) is 0 Å². The quantitative estimate of drug-likeness (QED) is 0.134. The van der Waals surface area contributed by atoms with E-state index in [9.17, 15) is 38.3 Å². The molecule has 12 nitrogen and oxygen atoms in total. The number of halogens is 3. The molecular formula is C27H29F3N4O8. The number of ether oxygens (including phenoxy) is 1. The fraction of sp³-hybridized carbons (Fsp3) is 0.259. The van der Waals surface area contributed by atoms with E-state index in [4.69, 9.17) is 14.6 Å². The van der Waals surface area contributed by atoms with Crippen LogP contribution in [-0.2, 0) is 11.2 Å². The number of carbonyl (C=O) groups excluding carboxylic acids is 1. The van der Waals surface area contributed by atoms with Gasteiger partial charge in [-0.15, -0.1) is 0 Å². The number of aliphatic carboxylic acids is 1. The number of nitro benzene ring substituents is 1. The van der Waals surface area contributed by atoms with Crippen molar-refractivity contribution in [3.8, 4) is 5.75 Å². The molecule has 3 aromatic rings. The SMILES string of the molecule is O=C(Nc1ccc(C[C@@H](CO)NC[C@H](O)COc2ccccc2)cc1)Nc1ccccc1[N+](=O)[O-].O=C(O)C(F)(F)F. The van der Waals surface area contributed by atoms with Crippen molar-refractivity contribution in [2.45, 2.75) is 24.7 Å². The van der Waals surface area contributed by atoms with Crippen LogP contribution in [0.15, 0.2) is 78.9 Å². The summed E-state index contributed by atoms with van der Waals surface area (Å²) in [7, 11) is 0. The molecule has 0 saturated heterocycles. The van der Waals surface area contributed by atoms with Crippen LogP contribution in [-0.4, -0.2) is 70.3 Å². The number of aliphatic hydroxyl groups excluding tert-OH is 2. The lowest BCUT2D eigenvalue weighted by atomic mass is 10.1. The van der Waals surface area contributed by atoms with E-state index < -0.39 is 29.2 Å². The first-order valence-electron chi connectivity index (χ1n) is 12.3. The molecule has 0 bridgehead atoms. The molecule has 2 atom stereocenters. The van der Waals surface area contributed by atoms with Crippen LogP contribution in [0.4, 0.5) is 35.0 Å². The van der Waals surface area contributed by atoms with Gasteiger partial charge in [0.25, 0.3) is 5.69 Å². The number of anilines is 2. The van der Waals surface area contributed by atoms with E-state index in [1.54, 1.807) is 30.3 Å². The number of benzene rings is 3. The molecule has 0 heterocycles. The zero-order chi connectivity index (χ0) is 31.1. The molecule has 0 radical (unpaired) electrons. The summed E-state index contributed by atoms with van der Waals surface area (Å²) in [5, 5.41) is 46.3. The highest BCUT2D eigenvalue weighted by Crippen LogP contribution is 2.23. The molecule has 0 aliphatic carbocycles. The number of hydrogen-bond donors (Lipinski definition) is 6. The third-order valence-electron chi connectivity index (χ3n) is 5.33. The van der Waals surface area contributed by atoms with Gasteiger partial charge in [-0.2, -0.15) is 13.2 Å². The number of rotatable bonds is 12. The minimum Gasteiger partial charge on any atom is -0.491 e. The lowest BCUT2D eigenvalue weighted by Gasteiger charge is -2.19. The molecule has 0 aromatic heterocycles. The molecule has 2 amide bonds. The van der Waals surface area contributed by atoms with Crippen LogP contribution in [0, 0.1) is 10.1 Å². The number of urea groups is 1. The van der Waals surface area contributed by atoms with Crippen LogP contribution >= 0.6 is 0 Å². The summed E-state index contributed by atoms with van der Waals surface area (Å²) in [6.07, 6.45) is -5.32. The summed E-state index contributed by atoms with van der Waals surface area (Å²) in [4.78, 5) is 31.6. The first kappa shape index (κ1) is 33.5. The average molecular weight is 595 g/mol. The summed E-state index contributed by atoms with van der Waals surface area (Å²) in [6.45, 7) is 0.262. The van der Waals surface area contributed by atoms with Gasteiger partial charge in [0.2, 0.25) is 0 Å². The van der Waals surface area contributed by atoms with Crippen molar-refractivity contribution in [3.05, 3.63) is 94.5 Å². The molecule has 226 valence electrons. The van der Waals surface area contributed by atoms with Crippen LogP contribution in [0.25, 0.3) is 0 Å². The predicted octanol–water partition coefficient (Wildman–Crippen LogP) is 3.81. The molecule has 0 aliphatic heterocycles. The highest BCUT2D eigenvalue weighted by Gasteiger charge is 2.38. The van der Waals surface area contributed by atoms with Gasteiger partial charge in [-0.25, -0.2) is 9.59 Å². The molecule has 0 unspecified atom stereocenters. The van der Waals surface area contributed by atoms with Crippen molar-refractivity contribution in [2.24, 2.45) is 0 Å². The lowest BCUT2D eigenvalue weighted by molar-refractivity contribution is -0.383. The van der Waals surface area contributed by atoms with Crippen molar-refractivity contribution in [2.75, 3.05) is 30.4 Å². The summed E-state index contributed by atoms with van der Waals surface area (Å²) in [6, 6.07) is 21.2. The monoisotopic (exact) mass is 594 g/mol. The lowest BCUT2D eigenvalue weighted by Crippen LogP contribution is -2.41. The van der Waals surface area contributed by atoms with Gasteiger partial charge in [0, 0.05) is 24.3 Å². The van der Waals surface area contributed by atoms with E-state index in [1.165, 1.54) is 18.2 Å². The maximum atomic E-state index is 12.2. The van der Waals surface area contributed by atoms with Crippen molar-refractivity contribution in [3.63, 3.8) is 0 Å². The summed E-state index contributed by atoms with van der Waals surface area (Å²) in [5.74, 6) is -2.08. The number of carbonyl (C=O) groups is 2. The molecule has 0 saturated carbocycles. The number of alkyl halides is 3. The summed E-state index contributed by atoms with van der Waals surface area (Å²) < 4.78 is 37.3. The highest BCUT2D eigenvalue weighted by atomic mass is 19.4. The van der Waals surface area contributed by atoms with E-state index in [2.05, 4.69) is 16.0 Å². The second kappa shape index (κ2) is 16.5. The Hall–Kier alpha value is -4.73. The Morgan fingerprint density at radius 1 is 0.952 bits per heavy atom. The molecule has 6 N–H and O–H groups in total. The molecule has 3 aromatic carbocycles. The van der Waals surface area contributed by atoms with Gasteiger partial charge in [-0.05, 0) is 42.3 Å². The Morgan fingerprint density at radius 3 is 2.12 bits per heavy atom. The Balaban J connectivity index is 0.000000782. The smallest absolute Gasteiger partial charge is 0.490 e. The number of nitro groups is 1. The van der Waals surface area contributed by atoms with E-state index in [0.29, 0.717) is 17.9 Å². The van der Waals surface area contributed by atoms with Crippen LogP contribution in [0.1, 0.15) is 5.56 Å². The van der Waals surface area contributed by atoms with Crippen LogP contribution in [0.2, 0.25) is 0 Å². The standard InChI is InChI=1S/C25H28N4O6.C2HF3O2/c30-16-20(26-15-21(31)17-35-22-6-2-1-3-7-22)14-18-10-12-19(13-11-18)27-25(32)28-23-8-4-5-9-24(23)29(33)34;3-2(4,5)1(6)7/h1-13,20-21,26,30-31H,14-17H2,(H2,27,28,32);(H,6,7)/t20-,21-;/m0./s1.